The number of methoxy groups -OCH3 is 2. The molecule has 0 aromatic heterocycles. The molecule has 0 N–H and O–H groups in total. The van der Waals surface area contributed by atoms with E-state index in [2.05, 4.69) is 4.99 Å². The van der Waals surface area contributed by atoms with Crippen LogP contribution in [0.1, 0.15) is 13.8 Å². The third-order valence-corrected chi connectivity index (χ3v) is 3.18. The summed E-state index contributed by atoms with van der Waals surface area (Å²) in [6, 6.07) is 3.65. The molecule has 0 saturated carbocycles. The van der Waals surface area contributed by atoms with E-state index in [9.17, 15) is 4.79 Å². The van der Waals surface area contributed by atoms with E-state index in [0.717, 1.165) is 17.1 Å². The first-order valence-corrected chi connectivity index (χ1v) is 6.79. The van der Waals surface area contributed by atoms with Crippen LogP contribution in [0, 0.1) is 0 Å². The summed E-state index contributed by atoms with van der Waals surface area (Å²) >= 11 is 0. The summed E-state index contributed by atoms with van der Waals surface area (Å²) in [6.07, 6.45) is 0. The van der Waals surface area contributed by atoms with E-state index >= 15 is 0 Å². The number of ether oxygens (including phenoxy) is 3. The lowest BCUT2D eigenvalue weighted by molar-refractivity contribution is -0.141. The van der Waals surface area contributed by atoms with Crippen molar-refractivity contribution in [1.29, 1.82) is 0 Å². The third-order valence-electron chi connectivity index (χ3n) is 3.18. The van der Waals surface area contributed by atoms with Crippen LogP contribution in [0.15, 0.2) is 17.1 Å². The lowest BCUT2D eigenvalue weighted by atomic mass is 10.1. The Labute approximate surface area is 124 Å². The Kier molecular flexibility index (Phi) is 4.67. The average Bonchev–Trinajstić information content (AvgIpc) is 2.46. The van der Waals surface area contributed by atoms with Crippen LogP contribution in [-0.2, 0) is 9.53 Å². The first-order chi connectivity index (χ1) is 10.1. The van der Waals surface area contributed by atoms with Gasteiger partial charge < -0.3 is 19.1 Å². The van der Waals surface area contributed by atoms with Crippen molar-refractivity contribution < 1.29 is 19.0 Å². The Morgan fingerprint density at radius 2 is 1.95 bits per heavy atom. The first kappa shape index (κ1) is 15.2. The SMILES string of the molecule is CCOC(=O)CN1CC(C)=Nc2cc(OC)c(OC)cc21. The van der Waals surface area contributed by atoms with Crippen molar-refractivity contribution >= 4 is 23.1 Å². The molecule has 6 nitrogen and oxygen atoms in total. The number of hydrogen-bond donors (Lipinski definition) is 0. The molecule has 0 spiro atoms. The van der Waals surface area contributed by atoms with E-state index in [1.165, 1.54) is 0 Å². The molecule has 0 atom stereocenters. The highest BCUT2D eigenvalue weighted by Gasteiger charge is 2.23. The molecule has 0 bridgehead atoms. The number of anilines is 1. The molecule has 0 amide bonds. The van der Waals surface area contributed by atoms with E-state index in [4.69, 9.17) is 14.2 Å². The number of rotatable bonds is 5. The molecule has 114 valence electrons. The van der Waals surface area contributed by atoms with E-state index in [1.54, 1.807) is 21.1 Å². The Hall–Kier alpha value is -2.24. The molecule has 2 rings (SSSR count). The van der Waals surface area contributed by atoms with Crippen molar-refractivity contribution in [2.75, 3.05) is 38.8 Å². The van der Waals surface area contributed by atoms with Gasteiger partial charge in [-0.25, -0.2) is 0 Å². The smallest absolute Gasteiger partial charge is 0.325 e. The maximum absolute atomic E-state index is 11.7. The zero-order valence-corrected chi connectivity index (χ0v) is 12.8. The van der Waals surface area contributed by atoms with Crippen LogP contribution in [0.25, 0.3) is 0 Å². The minimum atomic E-state index is -0.257. The summed E-state index contributed by atoms with van der Waals surface area (Å²) in [6.45, 7) is 4.86. The second kappa shape index (κ2) is 6.47. The molecule has 6 heteroatoms. The van der Waals surface area contributed by atoms with E-state index in [-0.39, 0.29) is 12.5 Å². The molecular formula is C15H20N2O4. The fraction of sp³-hybridized carbons (Fsp3) is 0.467. The zero-order chi connectivity index (χ0) is 15.4. The Bertz CT molecular complexity index is 569. The fourth-order valence-electron chi connectivity index (χ4n) is 2.31. The second-order valence-electron chi connectivity index (χ2n) is 4.70. The average molecular weight is 292 g/mol. The highest BCUT2D eigenvalue weighted by Crippen LogP contribution is 2.41. The first-order valence-electron chi connectivity index (χ1n) is 6.79. The van der Waals surface area contributed by atoms with E-state index < -0.39 is 0 Å². The molecule has 21 heavy (non-hydrogen) atoms. The number of esters is 1. The molecule has 1 heterocycles. The van der Waals surface area contributed by atoms with E-state index in [0.29, 0.717) is 24.7 Å². The highest BCUT2D eigenvalue weighted by atomic mass is 16.5. The summed E-state index contributed by atoms with van der Waals surface area (Å²) in [5.74, 6) is 0.971. The highest BCUT2D eigenvalue weighted by molar-refractivity contribution is 5.96. The van der Waals surface area contributed by atoms with Crippen LogP contribution in [-0.4, -0.2) is 45.6 Å². The van der Waals surface area contributed by atoms with Crippen molar-refractivity contribution in [3.05, 3.63) is 12.1 Å². The summed E-state index contributed by atoms with van der Waals surface area (Å²) in [4.78, 5) is 18.2. The molecule has 1 aliphatic heterocycles. The van der Waals surface area contributed by atoms with Crippen molar-refractivity contribution in [3.63, 3.8) is 0 Å². The van der Waals surface area contributed by atoms with Gasteiger partial charge in [0.15, 0.2) is 11.5 Å². The van der Waals surface area contributed by atoms with Crippen LogP contribution >= 0.6 is 0 Å². The van der Waals surface area contributed by atoms with Crippen LogP contribution in [0.4, 0.5) is 11.4 Å². The molecule has 0 saturated heterocycles. The van der Waals surface area contributed by atoms with Crippen molar-refractivity contribution in [1.82, 2.24) is 0 Å². The molecule has 0 unspecified atom stereocenters. The maximum Gasteiger partial charge on any atom is 0.325 e. The minimum absolute atomic E-state index is 0.184. The molecule has 0 aliphatic carbocycles. The fourth-order valence-corrected chi connectivity index (χ4v) is 2.31. The summed E-state index contributed by atoms with van der Waals surface area (Å²) in [5, 5.41) is 0. The van der Waals surface area contributed by atoms with Gasteiger partial charge in [0, 0.05) is 17.8 Å². The number of carbonyl (C=O) groups is 1. The largest absolute Gasteiger partial charge is 0.493 e. The Morgan fingerprint density at radius 3 is 2.57 bits per heavy atom. The third kappa shape index (κ3) is 3.26. The molecule has 1 aromatic carbocycles. The Balaban J connectivity index is 2.37. The van der Waals surface area contributed by atoms with Crippen LogP contribution in [0.2, 0.25) is 0 Å². The Morgan fingerprint density at radius 1 is 1.29 bits per heavy atom. The van der Waals surface area contributed by atoms with Gasteiger partial charge in [0.2, 0.25) is 0 Å². The van der Waals surface area contributed by atoms with Gasteiger partial charge >= 0.3 is 5.97 Å². The lowest BCUT2D eigenvalue weighted by Gasteiger charge is -2.29. The zero-order valence-electron chi connectivity index (χ0n) is 12.8. The summed E-state index contributed by atoms with van der Waals surface area (Å²) < 4.78 is 15.6. The monoisotopic (exact) mass is 292 g/mol. The van der Waals surface area contributed by atoms with Gasteiger partial charge in [-0.15, -0.1) is 0 Å². The van der Waals surface area contributed by atoms with Crippen molar-refractivity contribution in [3.8, 4) is 11.5 Å². The van der Waals surface area contributed by atoms with Gasteiger partial charge in [-0.1, -0.05) is 0 Å². The van der Waals surface area contributed by atoms with Crippen LogP contribution in [0.5, 0.6) is 11.5 Å². The van der Waals surface area contributed by atoms with E-state index in [1.807, 2.05) is 24.0 Å². The van der Waals surface area contributed by atoms with Gasteiger partial charge in [0.05, 0.1) is 38.7 Å². The number of carbonyl (C=O) groups excluding carboxylic acids is 1. The second-order valence-corrected chi connectivity index (χ2v) is 4.70. The number of fused-ring (bicyclic) bond motifs is 1. The number of aliphatic imine (C=N–C) groups is 1. The van der Waals surface area contributed by atoms with Gasteiger partial charge in [-0.3, -0.25) is 9.79 Å². The topological polar surface area (TPSA) is 60.4 Å². The predicted octanol–water partition coefficient (Wildman–Crippen LogP) is 2.18. The molecule has 0 fully saturated rings. The normalized spacial score (nSPS) is 13.3. The maximum atomic E-state index is 11.7. The molecule has 0 radical (unpaired) electrons. The van der Waals surface area contributed by atoms with Crippen molar-refractivity contribution in [2.45, 2.75) is 13.8 Å². The number of hydrogen-bond acceptors (Lipinski definition) is 6. The summed E-state index contributed by atoms with van der Waals surface area (Å²) in [5.41, 5.74) is 2.53. The standard InChI is InChI=1S/C15H20N2O4/c1-5-21-15(18)9-17-8-10(2)16-11-6-13(19-3)14(20-4)7-12(11)17/h6-7H,5,8-9H2,1-4H3. The van der Waals surface area contributed by atoms with Crippen molar-refractivity contribution in [2.24, 2.45) is 4.99 Å². The van der Waals surface area contributed by atoms with Crippen LogP contribution in [0.3, 0.4) is 0 Å². The molecular weight excluding hydrogens is 272 g/mol. The van der Waals surface area contributed by atoms with Gasteiger partial charge in [-0.05, 0) is 13.8 Å². The minimum Gasteiger partial charge on any atom is -0.493 e. The van der Waals surface area contributed by atoms with Gasteiger partial charge in [0.25, 0.3) is 0 Å². The predicted molar refractivity (Wildman–Crippen MR) is 81.2 cm³/mol. The molecule has 1 aromatic rings. The number of nitrogens with zero attached hydrogens (tertiary/aromatic N) is 2. The van der Waals surface area contributed by atoms with Gasteiger partial charge in [-0.2, -0.15) is 0 Å². The summed E-state index contributed by atoms with van der Waals surface area (Å²) in [7, 11) is 3.16. The molecule has 1 aliphatic rings. The van der Waals surface area contributed by atoms with Crippen LogP contribution < -0.4 is 14.4 Å². The number of benzene rings is 1. The van der Waals surface area contributed by atoms with Gasteiger partial charge in [0.1, 0.15) is 6.54 Å². The lowest BCUT2D eigenvalue weighted by Crippen LogP contribution is -2.36. The quantitative estimate of drug-likeness (QED) is 0.778.